The highest BCUT2D eigenvalue weighted by molar-refractivity contribution is 5.94. The summed E-state index contributed by atoms with van der Waals surface area (Å²) in [6.45, 7) is 3.72. The van der Waals surface area contributed by atoms with Crippen LogP contribution in [-0.4, -0.2) is 13.1 Å². The molecular formula is C22H18O4. The average Bonchev–Trinajstić information content (AvgIpc) is 2.69. The molecule has 1 aromatic heterocycles. The molecule has 0 saturated heterocycles. The molecule has 2 aromatic carbocycles. The van der Waals surface area contributed by atoms with Gasteiger partial charge in [0.15, 0.2) is 5.43 Å². The summed E-state index contributed by atoms with van der Waals surface area (Å²) in [6.07, 6.45) is 5.69. The molecule has 0 bridgehead atoms. The molecule has 0 aliphatic heterocycles. The Morgan fingerprint density at radius 3 is 2.62 bits per heavy atom. The van der Waals surface area contributed by atoms with Crippen LogP contribution in [0.2, 0.25) is 0 Å². The number of carbonyl (C=O) groups is 1. The smallest absolute Gasteiger partial charge is 0.337 e. The monoisotopic (exact) mass is 346 g/mol. The third-order valence-electron chi connectivity index (χ3n) is 4.01. The van der Waals surface area contributed by atoms with Gasteiger partial charge in [-0.2, -0.15) is 0 Å². The zero-order valence-corrected chi connectivity index (χ0v) is 14.4. The zero-order valence-electron chi connectivity index (χ0n) is 14.4. The Kier molecular flexibility index (Phi) is 5.13. The Labute approximate surface area is 151 Å². The Morgan fingerprint density at radius 1 is 1.15 bits per heavy atom. The van der Waals surface area contributed by atoms with Crippen molar-refractivity contribution in [3.05, 3.63) is 93.9 Å². The van der Waals surface area contributed by atoms with Crippen molar-refractivity contribution >= 4 is 29.1 Å². The first-order valence-corrected chi connectivity index (χ1v) is 8.16. The second-order valence-corrected chi connectivity index (χ2v) is 5.71. The van der Waals surface area contributed by atoms with Gasteiger partial charge in [0, 0.05) is 5.56 Å². The van der Waals surface area contributed by atoms with E-state index in [9.17, 15) is 9.59 Å². The SMILES string of the molecule is C=CCc1c(/C=C/c2ccccc2)oc2ccc(C(=O)OC)cc2c1=O. The predicted molar refractivity (Wildman–Crippen MR) is 103 cm³/mol. The van der Waals surface area contributed by atoms with E-state index < -0.39 is 5.97 Å². The van der Waals surface area contributed by atoms with Crippen molar-refractivity contribution in [3.63, 3.8) is 0 Å². The van der Waals surface area contributed by atoms with E-state index in [1.54, 1.807) is 24.3 Å². The molecule has 0 aliphatic carbocycles. The van der Waals surface area contributed by atoms with E-state index in [0.717, 1.165) is 5.56 Å². The highest BCUT2D eigenvalue weighted by Crippen LogP contribution is 2.20. The van der Waals surface area contributed by atoms with Crippen LogP contribution in [0.15, 0.2) is 70.4 Å². The van der Waals surface area contributed by atoms with Gasteiger partial charge in [0.1, 0.15) is 11.3 Å². The second-order valence-electron chi connectivity index (χ2n) is 5.71. The van der Waals surface area contributed by atoms with Gasteiger partial charge in [0.25, 0.3) is 0 Å². The normalized spacial score (nSPS) is 11.0. The lowest BCUT2D eigenvalue weighted by molar-refractivity contribution is 0.0601. The van der Waals surface area contributed by atoms with E-state index >= 15 is 0 Å². The van der Waals surface area contributed by atoms with E-state index in [2.05, 4.69) is 6.58 Å². The average molecular weight is 346 g/mol. The van der Waals surface area contributed by atoms with Gasteiger partial charge in [0.05, 0.1) is 18.1 Å². The van der Waals surface area contributed by atoms with Crippen molar-refractivity contribution in [2.75, 3.05) is 7.11 Å². The van der Waals surface area contributed by atoms with Crippen LogP contribution >= 0.6 is 0 Å². The third-order valence-corrected chi connectivity index (χ3v) is 4.01. The Morgan fingerprint density at radius 2 is 1.92 bits per heavy atom. The number of ether oxygens (including phenoxy) is 1. The molecule has 0 fully saturated rings. The van der Waals surface area contributed by atoms with Crippen molar-refractivity contribution in [3.8, 4) is 0 Å². The van der Waals surface area contributed by atoms with Gasteiger partial charge in [-0.05, 0) is 36.3 Å². The summed E-state index contributed by atoms with van der Waals surface area (Å²) < 4.78 is 10.6. The largest absolute Gasteiger partial charge is 0.465 e. The van der Waals surface area contributed by atoms with Crippen LogP contribution < -0.4 is 5.43 Å². The Hall–Kier alpha value is -3.40. The summed E-state index contributed by atoms with van der Waals surface area (Å²) >= 11 is 0. The molecule has 26 heavy (non-hydrogen) atoms. The first-order chi connectivity index (χ1) is 12.6. The molecule has 0 amide bonds. The minimum Gasteiger partial charge on any atom is -0.465 e. The van der Waals surface area contributed by atoms with Gasteiger partial charge in [-0.3, -0.25) is 4.79 Å². The lowest BCUT2D eigenvalue weighted by Crippen LogP contribution is -2.12. The summed E-state index contributed by atoms with van der Waals surface area (Å²) in [4.78, 5) is 24.6. The molecule has 0 aliphatic rings. The molecule has 0 radical (unpaired) electrons. The Balaban J connectivity index is 2.15. The van der Waals surface area contributed by atoms with Crippen LogP contribution in [0.4, 0.5) is 0 Å². The van der Waals surface area contributed by atoms with Crippen LogP contribution in [0.1, 0.15) is 27.2 Å². The number of rotatable bonds is 5. The van der Waals surface area contributed by atoms with Gasteiger partial charge in [-0.1, -0.05) is 42.5 Å². The third kappa shape index (κ3) is 3.49. The molecule has 4 heteroatoms. The summed E-state index contributed by atoms with van der Waals surface area (Å²) in [5.41, 5.74) is 2.06. The molecule has 0 atom stereocenters. The predicted octanol–water partition coefficient (Wildman–Crippen LogP) is 4.48. The van der Waals surface area contributed by atoms with Gasteiger partial charge in [0.2, 0.25) is 0 Å². The first-order valence-electron chi connectivity index (χ1n) is 8.16. The number of esters is 1. The van der Waals surface area contributed by atoms with Crippen LogP contribution in [0.25, 0.3) is 23.1 Å². The van der Waals surface area contributed by atoms with E-state index in [4.69, 9.17) is 9.15 Å². The number of benzene rings is 2. The maximum atomic E-state index is 12.9. The summed E-state index contributed by atoms with van der Waals surface area (Å²) in [5.74, 6) is -0.0123. The van der Waals surface area contributed by atoms with Crippen molar-refractivity contribution in [1.82, 2.24) is 0 Å². The standard InChI is InChI=1S/C22H18O4/c1-3-7-17-19(12-10-15-8-5-4-6-9-15)26-20-13-11-16(22(24)25-2)14-18(20)21(17)23/h3-6,8-14H,1,7H2,2H3/b12-10+. The molecule has 0 unspecified atom stereocenters. The van der Waals surface area contributed by atoms with Crippen molar-refractivity contribution in [2.24, 2.45) is 0 Å². The number of methoxy groups -OCH3 is 1. The minimum atomic E-state index is -0.496. The maximum absolute atomic E-state index is 12.9. The molecule has 3 aromatic rings. The van der Waals surface area contributed by atoms with Crippen molar-refractivity contribution in [2.45, 2.75) is 6.42 Å². The van der Waals surface area contributed by atoms with Gasteiger partial charge < -0.3 is 9.15 Å². The fraction of sp³-hybridized carbons (Fsp3) is 0.0909. The minimum absolute atomic E-state index is 0.176. The van der Waals surface area contributed by atoms with Crippen molar-refractivity contribution < 1.29 is 13.9 Å². The van der Waals surface area contributed by atoms with Crippen LogP contribution in [0, 0.1) is 0 Å². The molecule has 0 spiro atoms. The van der Waals surface area contributed by atoms with E-state index in [-0.39, 0.29) is 5.43 Å². The van der Waals surface area contributed by atoms with E-state index in [0.29, 0.717) is 34.3 Å². The molecule has 4 nitrogen and oxygen atoms in total. The molecule has 1 heterocycles. The topological polar surface area (TPSA) is 56.5 Å². The fourth-order valence-corrected chi connectivity index (χ4v) is 2.70. The molecule has 3 rings (SSSR count). The molecule has 0 saturated carbocycles. The number of fused-ring (bicyclic) bond motifs is 1. The zero-order chi connectivity index (χ0) is 18.5. The lowest BCUT2D eigenvalue weighted by atomic mass is 10.0. The summed E-state index contributed by atoms with van der Waals surface area (Å²) in [7, 11) is 1.30. The highest BCUT2D eigenvalue weighted by Gasteiger charge is 2.14. The van der Waals surface area contributed by atoms with Gasteiger partial charge >= 0.3 is 5.97 Å². The number of allylic oxidation sites excluding steroid dienone is 1. The van der Waals surface area contributed by atoms with Crippen LogP contribution in [0.3, 0.4) is 0 Å². The second kappa shape index (κ2) is 7.66. The number of carbonyl (C=O) groups excluding carboxylic acids is 1. The molecule has 130 valence electrons. The van der Waals surface area contributed by atoms with Crippen LogP contribution in [0.5, 0.6) is 0 Å². The number of hydrogen-bond acceptors (Lipinski definition) is 4. The summed E-state index contributed by atoms with van der Waals surface area (Å²) in [6, 6.07) is 14.4. The lowest BCUT2D eigenvalue weighted by Gasteiger charge is -2.07. The highest BCUT2D eigenvalue weighted by atomic mass is 16.5. The maximum Gasteiger partial charge on any atom is 0.337 e. The number of hydrogen-bond donors (Lipinski definition) is 0. The van der Waals surface area contributed by atoms with E-state index in [1.807, 2.05) is 36.4 Å². The first kappa shape index (κ1) is 17.4. The van der Waals surface area contributed by atoms with E-state index in [1.165, 1.54) is 13.2 Å². The fourth-order valence-electron chi connectivity index (χ4n) is 2.70. The quantitative estimate of drug-likeness (QED) is 0.505. The Bertz CT molecular complexity index is 1040. The van der Waals surface area contributed by atoms with Gasteiger partial charge in [-0.25, -0.2) is 4.79 Å². The van der Waals surface area contributed by atoms with Crippen LogP contribution in [-0.2, 0) is 11.2 Å². The molecular weight excluding hydrogens is 328 g/mol. The summed E-state index contributed by atoms with van der Waals surface area (Å²) in [5, 5.41) is 0.349. The van der Waals surface area contributed by atoms with Crippen molar-refractivity contribution in [1.29, 1.82) is 0 Å². The van der Waals surface area contributed by atoms with Gasteiger partial charge in [-0.15, -0.1) is 6.58 Å². The molecule has 0 N–H and O–H groups in total.